The van der Waals surface area contributed by atoms with Crippen LogP contribution in [0.5, 0.6) is 0 Å². The van der Waals surface area contributed by atoms with Crippen LogP contribution in [0.15, 0.2) is 4.99 Å². The quantitative estimate of drug-likeness (QED) is 0.352. The van der Waals surface area contributed by atoms with Gasteiger partial charge < -0.3 is 21.1 Å². The molecule has 1 aliphatic rings. The lowest BCUT2D eigenvalue weighted by Gasteiger charge is -2.30. The molecule has 152 valence electrons. The lowest BCUT2D eigenvalue weighted by molar-refractivity contribution is -0.126. The number of nitrogens with one attached hydrogen (secondary N) is 3. The summed E-state index contributed by atoms with van der Waals surface area (Å²) in [6.45, 7) is 10.0. The van der Waals surface area contributed by atoms with Gasteiger partial charge in [0.25, 0.3) is 0 Å². The second-order valence-electron chi connectivity index (χ2n) is 7.75. The minimum atomic E-state index is 0.0914. The number of guanidine groups is 1. The van der Waals surface area contributed by atoms with Gasteiger partial charge in [-0.1, -0.05) is 19.8 Å². The highest BCUT2D eigenvalue weighted by atomic mass is 16.3. The summed E-state index contributed by atoms with van der Waals surface area (Å²) >= 11 is 0. The molecule has 0 saturated heterocycles. The molecule has 3 atom stereocenters. The van der Waals surface area contributed by atoms with Gasteiger partial charge in [-0.3, -0.25) is 9.79 Å². The molecule has 0 aromatic heterocycles. The van der Waals surface area contributed by atoms with Crippen molar-refractivity contribution in [1.82, 2.24) is 16.0 Å². The third-order valence-corrected chi connectivity index (χ3v) is 4.90. The number of carbonyl (C=O) groups is 1. The molecule has 0 aromatic rings. The average Bonchev–Trinajstić information content (AvgIpc) is 2.59. The number of carbonyl (C=O) groups excluding carboxylic acids is 1. The third-order valence-electron chi connectivity index (χ3n) is 4.90. The molecule has 0 spiro atoms. The summed E-state index contributed by atoms with van der Waals surface area (Å²) in [5.41, 5.74) is 0. The Morgan fingerprint density at radius 2 is 2.00 bits per heavy atom. The van der Waals surface area contributed by atoms with E-state index >= 15 is 0 Å². The maximum atomic E-state index is 12.3. The average molecular weight is 369 g/mol. The van der Waals surface area contributed by atoms with Crippen molar-refractivity contribution in [3.8, 4) is 0 Å². The lowest BCUT2D eigenvalue weighted by Crippen LogP contribution is -2.47. The predicted octanol–water partition coefficient (Wildman–Crippen LogP) is 2.42. The van der Waals surface area contributed by atoms with Gasteiger partial charge in [-0.25, -0.2) is 0 Å². The Kier molecular flexibility index (Phi) is 11.3. The van der Waals surface area contributed by atoms with E-state index in [9.17, 15) is 9.90 Å². The zero-order valence-electron chi connectivity index (χ0n) is 17.2. The molecule has 0 bridgehead atoms. The minimum absolute atomic E-state index is 0.0914. The maximum absolute atomic E-state index is 12.3. The van der Waals surface area contributed by atoms with Gasteiger partial charge >= 0.3 is 0 Å². The molecule has 4 N–H and O–H groups in total. The van der Waals surface area contributed by atoms with Crippen molar-refractivity contribution in [3.05, 3.63) is 0 Å². The Labute approximate surface area is 159 Å². The first kappa shape index (κ1) is 22.7. The predicted molar refractivity (Wildman–Crippen MR) is 108 cm³/mol. The molecule has 3 unspecified atom stereocenters. The molecule has 1 saturated carbocycles. The summed E-state index contributed by atoms with van der Waals surface area (Å²) in [4.78, 5) is 17.1. The first-order valence-corrected chi connectivity index (χ1v) is 10.5. The van der Waals surface area contributed by atoms with Crippen molar-refractivity contribution in [3.63, 3.8) is 0 Å². The van der Waals surface area contributed by atoms with Crippen molar-refractivity contribution in [2.24, 2.45) is 16.8 Å². The van der Waals surface area contributed by atoms with Gasteiger partial charge in [0.1, 0.15) is 0 Å². The van der Waals surface area contributed by atoms with Crippen molar-refractivity contribution >= 4 is 11.9 Å². The van der Waals surface area contributed by atoms with E-state index in [1.165, 1.54) is 0 Å². The normalized spacial score (nSPS) is 22.2. The Morgan fingerprint density at radius 1 is 1.23 bits per heavy atom. The van der Waals surface area contributed by atoms with E-state index in [2.05, 4.69) is 29.8 Å². The molecule has 26 heavy (non-hydrogen) atoms. The number of hydrogen-bond donors (Lipinski definition) is 4. The van der Waals surface area contributed by atoms with Crippen LogP contribution in [-0.2, 0) is 4.79 Å². The second-order valence-corrected chi connectivity index (χ2v) is 7.75. The third kappa shape index (κ3) is 8.88. The van der Waals surface area contributed by atoms with E-state index in [0.29, 0.717) is 5.92 Å². The van der Waals surface area contributed by atoms with Crippen LogP contribution in [0.3, 0.4) is 0 Å². The van der Waals surface area contributed by atoms with E-state index in [1.54, 1.807) is 0 Å². The van der Waals surface area contributed by atoms with Gasteiger partial charge in [0.05, 0.1) is 0 Å². The van der Waals surface area contributed by atoms with Crippen LogP contribution in [0.1, 0.15) is 72.6 Å². The number of aliphatic hydroxyl groups is 1. The molecule has 1 fully saturated rings. The highest BCUT2D eigenvalue weighted by molar-refractivity contribution is 5.81. The molecule has 0 aromatic carbocycles. The summed E-state index contributed by atoms with van der Waals surface area (Å²) in [6, 6.07) is 0.476. The molecular weight excluding hydrogens is 328 g/mol. The van der Waals surface area contributed by atoms with E-state index in [0.717, 1.165) is 64.0 Å². The number of aliphatic imine (C=N–C) groups is 1. The molecule has 6 nitrogen and oxygen atoms in total. The fraction of sp³-hybridized carbons (Fsp3) is 0.900. The minimum Gasteiger partial charge on any atom is -0.396 e. The standard InChI is InChI=1S/C20H40N4O2/c1-5-8-16(11-12-25)14-22-20(21-6-2)24-18-10-7-9-17(13-18)19(26)23-15(3)4/h15-18,25H,5-14H2,1-4H3,(H,23,26)(H2,21,22,24). The number of rotatable bonds is 10. The van der Waals surface area contributed by atoms with Crippen LogP contribution < -0.4 is 16.0 Å². The van der Waals surface area contributed by atoms with Crippen LogP contribution in [-0.4, -0.2) is 48.8 Å². The van der Waals surface area contributed by atoms with Crippen molar-refractivity contribution in [2.75, 3.05) is 19.7 Å². The Hall–Kier alpha value is -1.30. The SMILES string of the molecule is CCCC(CCO)CN=C(NCC)NC1CCCC(C(=O)NC(C)C)C1. The number of hydrogen-bond acceptors (Lipinski definition) is 3. The summed E-state index contributed by atoms with van der Waals surface area (Å²) < 4.78 is 0. The molecule has 1 amide bonds. The van der Waals surface area contributed by atoms with Crippen LogP contribution >= 0.6 is 0 Å². The maximum Gasteiger partial charge on any atom is 0.223 e. The second kappa shape index (κ2) is 13.0. The van der Waals surface area contributed by atoms with E-state index in [1.807, 2.05) is 13.8 Å². The zero-order valence-corrected chi connectivity index (χ0v) is 17.2. The Balaban J connectivity index is 2.61. The molecule has 0 heterocycles. The van der Waals surface area contributed by atoms with E-state index in [-0.39, 0.29) is 30.5 Å². The smallest absolute Gasteiger partial charge is 0.223 e. The highest BCUT2D eigenvalue weighted by Gasteiger charge is 2.28. The van der Waals surface area contributed by atoms with E-state index in [4.69, 9.17) is 4.99 Å². The monoisotopic (exact) mass is 368 g/mol. The van der Waals surface area contributed by atoms with Crippen molar-refractivity contribution in [2.45, 2.75) is 84.7 Å². The Bertz CT molecular complexity index is 420. The van der Waals surface area contributed by atoms with Crippen LogP contribution in [0.2, 0.25) is 0 Å². The topological polar surface area (TPSA) is 85.8 Å². The fourth-order valence-electron chi connectivity index (χ4n) is 3.61. The molecule has 1 aliphatic carbocycles. The lowest BCUT2D eigenvalue weighted by atomic mass is 9.85. The van der Waals surface area contributed by atoms with Gasteiger partial charge in [-0.05, 0) is 58.8 Å². The molecular formula is C20H40N4O2. The van der Waals surface area contributed by atoms with Crippen LogP contribution in [0.25, 0.3) is 0 Å². The van der Waals surface area contributed by atoms with Crippen molar-refractivity contribution in [1.29, 1.82) is 0 Å². The van der Waals surface area contributed by atoms with Gasteiger partial charge in [0.2, 0.25) is 5.91 Å². The molecule has 6 heteroatoms. The zero-order chi connectivity index (χ0) is 19.4. The Morgan fingerprint density at radius 3 is 2.62 bits per heavy atom. The van der Waals surface area contributed by atoms with Crippen LogP contribution in [0, 0.1) is 11.8 Å². The van der Waals surface area contributed by atoms with Gasteiger partial charge in [-0.15, -0.1) is 0 Å². The summed E-state index contributed by atoms with van der Waals surface area (Å²) in [5, 5.41) is 19.1. The van der Waals surface area contributed by atoms with Crippen LogP contribution in [0.4, 0.5) is 0 Å². The largest absolute Gasteiger partial charge is 0.396 e. The fourth-order valence-corrected chi connectivity index (χ4v) is 3.61. The number of amides is 1. The van der Waals surface area contributed by atoms with Gasteiger partial charge in [0, 0.05) is 37.7 Å². The van der Waals surface area contributed by atoms with E-state index < -0.39 is 0 Å². The first-order valence-electron chi connectivity index (χ1n) is 10.5. The summed E-state index contributed by atoms with van der Waals surface area (Å²) in [5.74, 6) is 1.53. The number of nitrogens with zero attached hydrogens (tertiary/aromatic N) is 1. The van der Waals surface area contributed by atoms with Gasteiger partial charge in [0.15, 0.2) is 5.96 Å². The van der Waals surface area contributed by atoms with Gasteiger partial charge in [-0.2, -0.15) is 0 Å². The first-order chi connectivity index (χ1) is 12.5. The summed E-state index contributed by atoms with van der Waals surface area (Å²) in [6.07, 6.45) is 6.97. The molecule has 0 radical (unpaired) electrons. The number of aliphatic hydroxyl groups excluding tert-OH is 1. The summed E-state index contributed by atoms with van der Waals surface area (Å²) in [7, 11) is 0. The molecule has 0 aliphatic heterocycles. The molecule has 1 rings (SSSR count). The van der Waals surface area contributed by atoms with Crippen molar-refractivity contribution < 1.29 is 9.90 Å². The highest BCUT2D eigenvalue weighted by Crippen LogP contribution is 2.24.